The lowest BCUT2D eigenvalue weighted by Crippen LogP contribution is -2.40. The number of likely N-dealkylation sites (tertiary alicyclic amines) is 2. The molecule has 1 aliphatic carbocycles. The lowest BCUT2D eigenvalue weighted by Gasteiger charge is -2.31. The summed E-state index contributed by atoms with van der Waals surface area (Å²) in [6, 6.07) is 32.5. The van der Waals surface area contributed by atoms with Crippen LogP contribution in [0.5, 0.6) is 0 Å². The largest absolute Gasteiger partial charge is 0.340 e. The maximum atomic E-state index is 14.0. The van der Waals surface area contributed by atoms with Crippen molar-refractivity contribution in [2.75, 3.05) is 41.3 Å². The maximum absolute atomic E-state index is 14.0. The highest BCUT2D eigenvalue weighted by molar-refractivity contribution is 7.59. The molecule has 9 rings (SSSR count). The Labute approximate surface area is 375 Å². The van der Waals surface area contributed by atoms with Gasteiger partial charge in [-0.1, -0.05) is 99.8 Å². The predicted molar refractivity (Wildman–Crippen MR) is 257 cm³/mol. The zero-order valence-corrected chi connectivity index (χ0v) is 36.2. The average molecular weight is 859 g/mol. The number of hydrogen-bond acceptors (Lipinski definition) is 6. The number of aromatic amines is 2. The van der Waals surface area contributed by atoms with Crippen molar-refractivity contribution in [1.82, 2.24) is 39.5 Å². The lowest BCUT2D eigenvalue weighted by molar-refractivity contribution is -0.138. The number of aromatic nitrogens is 4. The Bertz CT molecular complexity index is 2250. The highest BCUT2D eigenvalue weighted by Crippen LogP contribution is 2.42. The smallest absolute Gasteiger partial charge is 0.245 e. The molecule has 2 N–H and O–H groups in total. The van der Waals surface area contributed by atoms with Gasteiger partial charge in [0.15, 0.2) is 0 Å². The Morgan fingerprint density at radius 1 is 0.607 bits per heavy atom. The molecule has 12 heteroatoms. The topological polar surface area (TPSA) is 104 Å². The highest BCUT2D eigenvalue weighted by atomic mass is 32.1. The van der Waals surface area contributed by atoms with Gasteiger partial charge in [0.25, 0.3) is 0 Å². The van der Waals surface area contributed by atoms with Crippen molar-refractivity contribution in [2.24, 2.45) is 0 Å². The van der Waals surface area contributed by atoms with Gasteiger partial charge in [-0.2, -0.15) is 27.0 Å². The van der Waals surface area contributed by atoms with Crippen LogP contribution in [0.25, 0.3) is 33.6 Å². The third-order valence-corrected chi connectivity index (χ3v) is 12.1. The molecule has 2 amide bonds. The minimum Gasteiger partial charge on any atom is -0.340 e. The van der Waals surface area contributed by atoms with Gasteiger partial charge < -0.3 is 19.8 Å². The van der Waals surface area contributed by atoms with Crippen LogP contribution in [0.2, 0.25) is 0 Å². The second-order valence-corrected chi connectivity index (χ2v) is 16.2. The molecule has 61 heavy (non-hydrogen) atoms. The molecule has 2 aliphatic heterocycles. The molecule has 4 aromatic carbocycles. The zero-order valence-electron chi connectivity index (χ0n) is 34.2. The summed E-state index contributed by atoms with van der Waals surface area (Å²) in [5, 5.41) is 0. The van der Waals surface area contributed by atoms with Gasteiger partial charge in [-0.15, -0.1) is 0 Å². The van der Waals surface area contributed by atoms with Crippen LogP contribution in [0.3, 0.4) is 0 Å². The van der Waals surface area contributed by atoms with E-state index in [1.165, 1.54) is 22.3 Å². The normalized spacial score (nSPS) is 17.4. The van der Waals surface area contributed by atoms with Crippen molar-refractivity contribution >= 4 is 38.8 Å². The summed E-state index contributed by atoms with van der Waals surface area (Å²) in [5.74, 6) is 1.90. The van der Waals surface area contributed by atoms with Crippen LogP contribution in [0.4, 0.5) is 0 Å². The van der Waals surface area contributed by atoms with Gasteiger partial charge in [-0.05, 0) is 117 Å². The predicted octanol–water partition coefficient (Wildman–Crippen LogP) is 9.47. The number of carbonyl (C=O) groups is 2. The van der Waals surface area contributed by atoms with E-state index < -0.39 is 0 Å². The number of hydrogen-bond donors (Lipinski definition) is 2. The number of carbonyl (C=O) groups excluding carboxylic acids is 2. The van der Waals surface area contributed by atoms with Gasteiger partial charge in [-0.3, -0.25) is 19.4 Å². The van der Waals surface area contributed by atoms with E-state index in [4.69, 9.17) is 9.97 Å². The Kier molecular flexibility index (Phi) is 15.2. The monoisotopic (exact) mass is 858 g/mol. The number of nitrogens with zero attached hydrogens (tertiary/aromatic N) is 6. The molecule has 0 radical (unpaired) electrons. The molecule has 0 saturated carbocycles. The fourth-order valence-electron chi connectivity index (χ4n) is 9.39. The lowest BCUT2D eigenvalue weighted by atomic mass is 10.0. The van der Waals surface area contributed by atoms with Crippen LogP contribution < -0.4 is 0 Å². The van der Waals surface area contributed by atoms with Crippen molar-refractivity contribution in [2.45, 2.75) is 71.1 Å². The van der Waals surface area contributed by atoms with Crippen molar-refractivity contribution in [1.29, 1.82) is 0 Å². The molecule has 10 nitrogen and oxygen atoms in total. The molecular weight excluding hydrogens is 797 g/mol. The Morgan fingerprint density at radius 3 is 1.38 bits per heavy atom. The molecule has 2 fully saturated rings. The molecule has 2 saturated heterocycles. The first kappa shape index (κ1) is 46.9. The summed E-state index contributed by atoms with van der Waals surface area (Å²) in [4.78, 5) is 52.9. The maximum Gasteiger partial charge on any atom is 0.245 e. The van der Waals surface area contributed by atoms with E-state index in [9.17, 15) is 9.59 Å². The van der Waals surface area contributed by atoms with Gasteiger partial charge in [0.1, 0.15) is 23.7 Å². The highest BCUT2D eigenvalue weighted by Gasteiger charge is 2.38. The van der Waals surface area contributed by atoms with Crippen molar-refractivity contribution in [3.63, 3.8) is 0 Å². The van der Waals surface area contributed by atoms with Gasteiger partial charge in [-0.25, -0.2) is 9.97 Å². The number of H-pyrrole nitrogens is 2. The standard InChI is InChI=1S/C47H50N8O2.2CH4.2H2S/c1-52(2)42(30-13-7-5-8-14-30)46(56)54-23-11-17-40(54)44-48-28-38(50-44)32-19-21-36-34(25-32)27-35-26-33(20-22-37(35)36)39-29-49-45(51-39)41-18-12-24-55(41)47(57)43(53(3)4)31-15-9-6-10-16-31;;;;/h5-10,13-16,19-22,25-26,28-29,40-43H,11-12,17-18,23-24,27H2,1-4H3,(H,48,50)(H,49,51);2*1H4;2*1H2/t40-,41-,42+,43+;;;;/m0..../s1. The van der Waals surface area contributed by atoms with Crippen molar-refractivity contribution in [3.8, 4) is 33.6 Å². The van der Waals surface area contributed by atoms with Gasteiger partial charge in [0.2, 0.25) is 11.8 Å². The summed E-state index contributed by atoms with van der Waals surface area (Å²) < 4.78 is 0. The third kappa shape index (κ3) is 8.95. The Morgan fingerprint density at radius 2 is 1.00 bits per heavy atom. The first-order chi connectivity index (χ1) is 27.7. The first-order valence-corrected chi connectivity index (χ1v) is 20.2. The van der Waals surface area contributed by atoms with E-state index in [0.717, 1.165) is 90.5 Å². The second kappa shape index (κ2) is 19.7. The van der Waals surface area contributed by atoms with Gasteiger partial charge in [0, 0.05) is 13.1 Å². The van der Waals surface area contributed by atoms with E-state index in [0.29, 0.717) is 0 Å². The minimum atomic E-state index is -0.342. The average Bonchev–Trinajstić information content (AvgIpc) is 4.07. The van der Waals surface area contributed by atoms with Crippen LogP contribution in [0.15, 0.2) is 109 Å². The molecule has 0 bridgehead atoms. The van der Waals surface area contributed by atoms with E-state index >= 15 is 0 Å². The fourth-order valence-corrected chi connectivity index (χ4v) is 9.39. The van der Waals surface area contributed by atoms with Crippen LogP contribution in [-0.2, 0) is 16.0 Å². The summed E-state index contributed by atoms with van der Waals surface area (Å²) in [6.07, 6.45) is 8.33. The summed E-state index contributed by atoms with van der Waals surface area (Å²) in [5.41, 5.74) is 11.2. The van der Waals surface area contributed by atoms with Crippen molar-refractivity contribution in [3.05, 3.63) is 143 Å². The van der Waals surface area contributed by atoms with Crippen molar-refractivity contribution < 1.29 is 9.59 Å². The molecule has 4 atom stereocenters. The number of fused-ring (bicyclic) bond motifs is 3. The zero-order chi connectivity index (χ0) is 39.2. The van der Waals surface area contributed by atoms with Crippen LogP contribution >= 0.6 is 27.0 Å². The third-order valence-electron chi connectivity index (χ3n) is 12.1. The molecule has 0 spiro atoms. The van der Waals surface area contributed by atoms with Crippen LogP contribution in [0, 0.1) is 0 Å². The molecule has 6 aromatic rings. The Hall–Kier alpha value is -5.14. The Balaban J connectivity index is 0.00000176. The number of nitrogens with one attached hydrogen (secondary N) is 2. The van der Waals surface area contributed by atoms with Crippen LogP contribution in [0.1, 0.15) is 98.6 Å². The second-order valence-electron chi connectivity index (χ2n) is 16.2. The number of imidazole rings is 2. The molecule has 4 heterocycles. The van der Waals surface area contributed by atoms with E-state index in [1.54, 1.807) is 0 Å². The quantitative estimate of drug-likeness (QED) is 0.142. The molecular formula is C49H62N8O2S2. The number of likely N-dealkylation sites (N-methyl/N-ethyl adjacent to an activating group) is 2. The number of amides is 2. The van der Waals surface area contributed by atoms with Crippen LogP contribution in [-0.4, -0.2) is 92.6 Å². The van der Waals surface area contributed by atoms with Gasteiger partial charge >= 0.3 is 0 Å². The molecule has 322 valence electrons. The number of rotatable bonds is 10. The van der Waals surface area contributed by atoms with E-state index in [2.05, 4.69) is 46.4 Å². The summed E-state index contributed by atoms with van der Waals surface area (Å²) in [6.45, 7) is 1.45. The summed E-state index contributed by atoms with van der Waals surface area (Å²) in [7, 11) is 7.87. The SMILES string of the molecule is C.C.CN(C)[C@@H](C(=O)N1CCC[C@H]1c1ncc(-c2ccc3c(c2)Cc2cc(-c4cnc([C@@H]5CCCN5C(=O)[C@@H](c5ccccc5)N(C)C)[nH]4)ccc2-3)[nH]1)c1ccccc1.S.S. The van der Waals surface area contributed by atoms with Gasteiger partial charge in [0.05, 0.1) is 35.9 Å². The molecule has 3 aliphatic rings. The van der Waals surface area contributed by atoms with E-state index in [-0.39, 0.29) is 77.8 Å². The number of benzene rings is 4. The molecule has 0 unspecified atom stereocenters. The fraction of sp³-hybridized carbons (Fsp3) is 0.347. The molecule has 2 aromatic heterocycles. The summed E-state index contributed by atoms with van der Waals surface area (Å²) >= 11 is 0. The van der Waals surface area contributed by atoms with E-state index in [1.807, 2.05) is 121 Å². The first-order valence-electron chi connectivity index (χ1n) is 20.2. The minimum absolute atomic E-state index is 0.